The Labute approximate surface area is 160 Å². The van der Waals surface area contributed by atoms with Crippen molar-refractivity contribution in [3.8, 4) is 0 Å². The minimum atomic E-state index is -0.552. The van der Waals surface area contributed by atoms with Gasteiger partial charge in [0.2, 0.25) is 0 Å². The predicted molar refractivity (Wildman–Crippen MR) is 106 cm³/mol. The molecule has 1 aromatic heterocycles. The Hall–Kier alpha value is -1.79. The summed E-state index contributed by atoms with van der Waals surface area (Å²) in [6.45, 7) is 0. The van der Waals surface area contributed by atoms with Gasteiger partial charge in [-0.05, 0) is 30.5 Å². The molecule has 0 amide bonds. The van der Waals surface area contributed by atoms with Gasteiger partial charge in [-0.3, -0.25) is 0 Å². The second kappa shape index (κ2) is 8.06. The van der Waals surface area contributed by atoms with Crippen LogP contribution >= 0.6 is 35.0 Å². The second-order valence-electron chi connectivity index (χ2n) is 5.26. The number of nitrogens with zero attached hydrogens (tertiary/aromatic N) is 2. The molecular formula is C18H16Cl2N4S. The van der Waals surface area contributed by atoms with E-state index in [4.69, 9.17) is 28.9 Å². The van der Waals surface area contributed by atoms with Crippen LogP contribution in [0.25, 0.3) is 0 Å². The van der Waals surface area contributed by atoms with Gasteiger partial charge in [0.15, 0.2) is 5.16 Å². The quantitative estimate of drug-likeness (QED) is 0.457. The molecule has 0 bridgehead atoms. The normalized spacial score (nSPS) is 12.0. The lowest BCUT2D eigenvalue weighted by molar-refractivity contribution is 0.832. The van der Waals surface area contributed by atoms with Crippen molar-refractivity contribution in [2.24, 2.45) is 5.73 Å². The molecule has 3 rings (SSSR count). The minimum Gasteiger partial charge on any atom is -0.340 e. The molecule has 0 saturated heterocycles. The number of para-hydroxylation sites is 1. The number of nitrogens with one attached hydrogen (secondary N) is 1. The molecule has 128 valence electrons. The Morgan fingerprint density at radius 1 is 1.04 bits per heavy atom. The second-order valence-corrected chi connectivity index (χ2v) is 6.85. The summed E-state index contributed by atoms with van der Waals surface area (Å²) in [5.41, 5.74) is 8.75. The SMILES string of the molecule is CSc1ncc(C(N)c2c(Cl)cccc2Cl)c(Nc2ccccc2)n1. The zero-order valence-corrected chi connectivity index (χ0v) is 15.7. The van der Waals surface area contributed by atoms with Gasteiger partial charge < -0.3 is 11.1 Å². The molecule has 0 fully saturated rings. The zero-order chi connectivity index (χ0) is 17.8. The molecule has 1 atom stereocenters. The molecule has 1 unspecified atom stereocenters. The molecule has 4 nitrogen and oxygen atoms in total. The lowest BCUT2D eigenvalue weighted by atomic mass is 10.0. The van der Waals surface area contributed by atoms with Crippen molar-refractivity contribution in [3.63, 3.8) is 0 Å². The van der Waals surface area contributed by atoms with Crippen LogP contribution in [0.5, 0.6) is 0 Å². The van der Waals surface area contributed by atoms with Crippen molar-refractivity contribution in [2.75, 3.05) is 11.6 Å². The number of nitrogens with two attached hydrogens (primary N) is 1. The molecule has 7 heteroatoms. The lowest BCUT2D eigenvalue weighted by Gasteiger charge is -2.19. The Morgan fingerprint density at radius 2 is 1.72 bits per heavy atom. The molecular weight excluding hydrogens is 375 g/mol. The van der Waals surface area contributed by atoms with Gasteiger partial charge in [-0.2, -0.15) is 0 Å². The summed E-state index contributed by atoms with van der Waals surface area (Å²) in [6, 6.07) is 14.5. The first-order valence-electron chi connectivity index (χ1n) is 7.52. The van der Waals surface area contributed by atoms with E-state index < -0.39 is 6.04 Å². The maximum absolute atomic E-state index is 6.47. The summed E-state index contributed by atoms with van der Waals surface area (Å²) in [5, 5.41) is 4.99. The van der Waals surface area contributed by atoms with Crippen LogP contribution in [0.15, 0.2) is 59.9 Å². The summed E-state index contributed by atoms with van der Waals surface area (Å²) in [5.74, 6) is 0.633. The summed E-state index contributed by atoms with van der Waals surface area (Å²) in [4.78, 5) is 8.92. The number of anilines is 2. The number of benzene rings is 2. The number of hydrogen-bond acceptors (Lipinski definition) is 5. The van der Waals surface area contributed by atoms with Crippen LogP contribution < -0.4 is 11.1 Å². The fourth-order valence-electron chi connectivity index (χ4n) is 2.42. The van der Waals surface area contributed by atoms with E-state index >= 15 is 0 Å². The van der Waals surface area contributed by atoms with E-state index in [-0.39, 0.29) is 0 Å². The molecule has 0 aliphatic rings. The number of thioether (sulfide) groups is 1. The molecule has 0 spiro atoms. The van der Waals surface area contributed by atoms with Gasteiger partial charge in [-0.15, -0.1) is 0 Å². The minimum absolute atomic E-state index is 0.514. The number of hydrogen-bond donors (Lipinski definition) is 2. The standard InChI is InChI=1S/C18H16Cl2N4S/c1-25-18-22-10-12(16(21)15-13(19)8-5-9-14(15)20)17(24-18)23-11-6-3-2-4-7-11/h2-10,16H,21H2,1H3,(H,22,23,24). The van der Waals surface area contributed by atoms with Crippen molar-refractivity contribution in [1.29, 1.82) is 0 Å². The number of rotatable bonds is 5. The number of aromatic nitrogens is 2. The Balaban J connectivity index is 2.06. The molecule has 1 heterocycles. The van der Waals surface area contributed by atoms with Crippen LogP contribution in [-0.2, 0) is 0 Å². The molecule has 0 radical (unpaired) electrons. The summed E-state index contributed by atoms with van der Waals surface area (Å²) >= 11 is 14.1. The van der Waals surface area contributed by atoms with Crippen LogP contribution in [0.1, 0.15) is 17.2 Å². The van der Waals surface area contributed by atoms with Crippen molar-refractivity contribution in [3.05, 3.63) is 75.9 Å². The van der Waals surface area contributed by atoms with Gasteiger partial charge in [0.05, 0.1) is 6.04 Å². The summed E-state index contributed by atoms with van der Waals surface area (Å²) < 4.78 is 0. The van der Waals surface area contributed by atoms with Gasteiger partial charge >= 0.3 is 0 Å². The van der Waals surface area contributed by atoms with Crippen molar-refractivity contribution in [1.82, 2.24) is 9.97 Å². The lowest BCUT2D eigenvalue weighted by Crippen LogP contribution is -2.16. The number of halogens is 2. The topological polar surface area (TPSA) is 63.8 Å². The Bertz CT molecular complexity index is 854. The molecule has 3 aromatic rings. The van der Waals surface area contributed by atoms with Crippen LogP contribution in [0, 0.1) is 0 Å². The summed E-state index contributed by atoms with van der Waals surface area (Å²) in [7, 11) is 0. The fraction of sp³-hybridized carbons (Fsp3) is 0.111. The van der Waals surface area contributed by atoms with E-state index in [1.54, 1.807) is 24.4 Å². The third-order valence-electron chi connectivity index (χ3n) is 3.66. The van der Waals surface area contributed by atoms with Gasteiger partial charge in [0.25, 0.3) is 0 Å². The van der Waals surface area contributed by atoms with Crippen LogP contribution in [0.4, 0.5) is 11.5 Å². The molecule has 0 aliphatic heterocycles. The average molecular weight is 391 g/mol. The van der Waals surface area contributed by atoms with Gasteiger partial charge in [-0.25, -0.2) is 9.97 Å². The molecule has 25 heavy (non-hydrogen) atoms. The van der Waals surface area contributed by atoms with Crippen molar-refractivity contribution in [2.45, 2.75) is 11.2 Å². The maximum Gasteiger partial charge on any atom is 0.189 e. The highest BCUT2D eigenvalue weighted by atomic mass is 35.5. The first-order valence-corrected chi connectivity index (χ1v) is 9.50. The average Bonchev–Trinajstić information content (AvgIpc) is 2.62. The highest BCUT2D eigenvalue weighted by molar-refractivity contribution is 7.98. The first kappa shape index (κ1) is 18.0. The van der Waals surface area contributed by atoms with Gasteiger partial charge in [0, 0.05) is 33.1 Å². The van der Waals surface area contributed by atoms with E-state index in [1.807, 2.05) is 36.6 Å². The van der Waals surface area contributed by atoms with Crippen molar-refractivity contribution >= 4 is 46.5 Å². The van der Waals surface area contributed by atoms with Crippen LogP contribution in [0.2, 0.25) is 10.0 Å². The van der Waals surface area contributed by atoms with E-state index in [9.17, 15) is 0 Å². The zero-order valence-electron chi connectivity index (χ0n) is 13.4. The van der Waals surface area contributed by atoms with Gasteiger partial charge in [0.1, 0.15) is 5.82 Å². The van der Waals surface area contributed by atoms with Crippen LogP contribution in [-0.4, -0.2) is 16.2 Å². The summed E-state index contributed by atoms with van der Waals surface area (Å²) in [6.07, 6.45) is 3.64. The third-order valence-corrected chi connectivity index (χ3v) is 4.88. The molecule has 2 aromatic carbocycles. The highest BCUT2D eigenvalue weighted by Gasteiger charge is 2.21. The van der Waals surface area contributed by atoms with Crippen LogP contribution in [0.3, 0.4) is 0 Å². The third kappa shape index (κ3) is 4.07. The van der Waals surface area contributed by atoms with E-state index in [2.05, 4.69) is 15.3 Å². The van der Waals surface area contributed by atoms with E-state index in [1.165, 1.54) is 11.8 Å². The Morgan fingerprint density at radius 3 is 2.36 bits per heavy atom. The smallest absolute Gasteiger partial charge is 0.189 e. The fourth-order valence-corrected chi connectivity index (χ4v) is 3.40. The first-order chi connectivity index (χ1) is 12.1. The van der Waals surface area contributed by atoms with Gasteiger partial charge in [-0.1, -0.05) is 59.2 Å². The maximum atomic E-state index is 6.47. The molecule has 0 saturated carbocycles. The largest absolute Gasteiger partial charge is 0.340 e. The van der Waals surface area contributed by atoms with Crippen molar-refractivity contribution < 1.29 is 0 Å². The van der Waals surface area contributed by atoms with E-state index in [0.29, 0.717) is 26.6 Å². The Kier molecular flexibility index (Phi) is 5.81. The molecule has 0 aliphatic carbocycles. The highest BCUT2D eigenvalue weighted by Crippen LogP contribution is 2.35. The molecule has 3 N–H and O–H groups in total. The van der Waals surface area contributed by atoms with E-state index in [0.717, 1.165) is 11.3 Å². The monoisotopic (exact) mass is 390 g/mol. The predicted octanol–water partition coefficient (Wildman–Crippen LogP) is 5.30.